The van der Waals surface area contributed by atoms with Gasteiger partial charge in [0, 0.05) is 5.69 Å². The van der Waals surface area contributed by atoms with E-state index in [9.17, 15) is 13.2 Å². The molecule has 8 heteroatoms. The number of hydrogen-bond acceptors (Lipinski definition) is 4. The molecule has 1 aromatic heterocycles. The van der Waals surface area contributed by atoms with Crippen LogP contribution in [0.25, 0.3) is 5.69 Å². The van der Waals surface area contributed by atoms with Gasteiger partial charge in [0.05, 0.1) is 16.8 Å². The van der Waals surface area contributed by atoms with Crippen molar-refractivity contribution in [3.63, 3.8) is 0 Å². The van der Waals surface area contributed by atoms with Crippen molar-refractivity contribution >= 4 is 5.69 Å². The number of alkyl halides is 3. The number of aromatic nitrogens is 4. The van der Waals surface area contributed by atoms with Crippen LogP contribution < -0.4 is 5.32 Å². The third-order valence-corrected chi connectivity index (χ3v) is 4.02. The maximum atomic E-state index is 12.9. The lowest BCUT2D eigenvalue weighted by molar-refractivity contribution is -0.137. The number of para-hydroxylation sites is 1. The van der Waals surface area contributed by atoms with Crippen molar-refractivity contribution in [2.45, 2.75) is 32.5 Å². The number of aryl methyl sites for hydroxylation is 1. The zero-order valence-electron chi connectivity index (χ0n) is 14.5. The Kier molecular flexibility index (Phi) is 4.43. The van der Waals surface area contributed by atoms with E-state index in [4.69, 9.17) is 0 Å². The molecule has 3 aromatic rings. The molecule has 0 bridgehead atoms. The van der Waals surface area contributed by atoms with Crippen LogP contribution in [0.4, 0.5) is 18.9 Å². The largest absolute Gasteiger partial charge is 0.416 e. The molecular formula is C18H18F3N5. The number of nitrogens with one attached hydrogen (secondary N) is 1. The zero-order chi connectivity index (χ0) is 18.9. The van der Waals surface area contributed by atoms with Gasteiger partial charge in [0.25, 0.3) is 0 Å². The normalized spacial score (nSPS) is 12.2. The maximum absolute atomic E-state index is 12.9. The van der Waals surface area contributed by atoms with Crippen LogP contribution in [0.1, 0.15) is 30.8 Å². The van der Waals surface area contributed by atoms with Crippen LogP contribution in [0.15, 0.2) is 48.5 Å². The van der Waals surface area contributed by atoms with Gasteiger partial charge in [-0.2, -0.15) is 17.9 Å². The van der Waals surface area contributed by atoms with Crippen LogP contribution >= 0.6 is 0 Å². The molecule has 26 heavy (non-hydrogen) atoms. The van der Waals surface area contributed by atoms with E-state index in [1.807, 2.05) is 45.0 Å². The van der Waals surface area contributed by atoms with Gasteiger partial charge in [-0.3, -0.25) is 0 Å². The van der Waals surface area contributed by atoms with Crippen LogP contribution in [-0.2, 0) is 11.7 Å². The molecule has 1 N–H and O–H groups in total. The predicted octanol–water partition coefficient (Wildman–Crippen LogP) is 4.34. The summed E-state index contributed by atoms with van der Waals surface area (Å²) in [5.41, 5.74) is 0.610. The predicted molar refractivity (Wildman–Crippen MR) is 92.0 cm³/mol. The van der Waals surface area contributed by atoms with Crippen molar-refractivity contribution in [1.29, 1.82) is 0 Å². The van der Waals surface area contributed by atoms with Crippen LogP contribution in [0.5, 0.6) is 0 Å². The Morgan fingerprint density at radius 1 is 1.00 bits per heavy atom. The fourth-order valence-electron chi connectivity index (χ4n) is 2.73. The second kappa shape index (κ2) is 6.44. The number of rotatable bonds is 4. The van der Waals surface area contributed by atoms with Crippen molar-refractivity contribution in [2.75, 3.05) is 5.32 Å². The fourth-order valence-corrected chi connectivity index (χ4v) is 2.73. The van der Waals surface area contributed by atoms with E-state index in [0.29, 0.717) is 11.5 Å². The average Bonchev–Trinajstić information content (AvgIpc) is 3.05. The second-order valence-electron chi connectivity index (χ2n) is 6.53. The van der Waals surface area contributed by atoms with Gasteiger partial charge in [0.15, 0.2) is 5.82 Å². The molecule has 0 saturated carbocycles. The van der Waals surface area contributed by atoms with Gasteiger partial charge in [-0.15, -0.1) is 5.10 Å². The van der Waals surface area contributed by atoms with Crippen LogP contribution in [0.3, 0.4) is 0 Å². The van der Waals surface area contributed by atoms with E-state index in [2.05, 4.69) is 20.8 Å². The molecule has 0 fully saturated rings. The lowest BCUT2D eigenvalue weighted by Gasteiger charge is -2.27. The first-order valence-corrected chi connectivity index (χ1v) is 7.99. The molecule has 1 heterocycles. The summed E-state index contributed by atoms with van der Waals surface area (Å²) in [6.45, 7) is 5.56. The van der Waals surface area contributed by atoms with Gasteiger partial charge < -0.3 is 5.32 Å². The molecule has 5 nitrogen and oxygen atoms in total. The quantitative estimate of drug-likeness (QED) is 0.751. The lowest BCUT2D eigenvalue weighted by atomic mass is 10.0. The Hall–Kier alpha value is -2.90. The Balaban J connectivity index is 1.96. The summed E-state index contributed by atoms with van der Waals surface area (Å²) in [4.78, 5) is 0. The van der Waals surface area contributed by atoms with Gasteiger partial charge in [0.2, 0.25) is 0 Å². The molecule has 0 atom stereocenters. The topological polar surface area (TPSA) is 55.6 Å². The average molecular weight is 361 g/mol. The summed E-state index contributed by atoms with van der Waals surface area (Å²) in [5.74, 6) is 0.490. The summed E-state index contributed by atoms with van der Waals surface area (Å²) in [7, 11) is 0. The third-order valence-electron chi connectivity index (χ3n) is 4.02. The number of anilines is 1. The minimum atomic E-state index is -4.40. The maximum Gasteiger partial charge on any atom is 0.416 e. The zero-order valence-corrected chi connectivity index (χ0v) is 14.5. The first-order valence-electron chi connectivity index (χ1n) is 7.99. The number of tetrazole rings is 1. The highest BCUT2D eigenvalue weighted by atomic mass is 19.4. The van der Waals surface area contributed by atoms with Crippen molar-refractivity contribution in [3.05, 3.63) is 65.5 Å². The molecule has 0 spiro atoms. The summed E-state index contributed by atoms with van der Waals surface area (Å²) < 4.78 is 40.4. The van der Waals surface area contributed by atoms with E-state index in [1.54, 1.807) is 10.7 Å². The minimum Gasteiger partial charge on any atom is -0.373 e. The number of nitrogens with zero attached hydrogens (tertiary/aromatic N) is 4. The van der Waals surface area contributed by atoms with Crippen LogP contribution in [0, 0.1) is 6.92 Å². The third kappa shape index (κ3) is 3.54. The van der Waals surface area contributed by atoms with Crippen molar-refractivity contribution < 1.29 is 13.2 Å². The molecule has 0 amide bonds. The van der Waals surface area contributed by atoms with E-state index in [-0.39, 0.29) is 0 Å². The molecule has 0 aliphatic rings. The van der Waals surface area contributed by atoms with Crippen molar-refractivity contribution in [2.24, 2.45) is 0 Å². The van der Waals surface area contributed by atoms with Gasteiger partial charge in [-0.05, 0) is 61.0 Å². The summed E-state index contributed by atoms with van der Waals surface area (Å²) in [6.07, 6.45) is -4.40. The Bertz CT molecular complexity index is 915. The standard InChI is InChI=1S/C18H18F3N5/c1-12-7-4-5-10-15(12)26-16(23-24-25-26)17(2,3)22-14-9-6-8-13(11-14)18(19,20)21/h4-11,22H,1-3H3. The molecule has 0 saturated heterocycles. The Morgan fingerprint density at radius 2 is 1.73 bits per heavy atom. The fraction of sp³-hybridized carbons (Fsp3) is 0.278. The summed E-state index contributed by atoms with van der Waals surface area (Å²) >= 11 is 0. The smallest absolute Gasteiger partial charge is 0.373 e. The van der Waals surface area contributed by atoms with Gasteiger partial charge in [0.1, 0.15) is 0 Å². The number of halogens is 3. The SMILES string of the molecule is Cc1ccccc1-n1nnnc1C(C)(C)Nc1cccc(C(F)(F)F)c1. The molecular weight excluding hydrogens is 343 g/mol. The van der Waals surface area contributed by atoms with Gasteiger partial charge in [-0.1, -0.05) is 24.3 Å². The molecule has 2 aromatic carbocycles. The van der Waals surface area contributed by atoms with E-state index >= 15 is 0 Å². The molecule has 0 aliphatic heterocycles. The van der Waals surface area contributed by atoms with Crippen molar-refractivity contribution in [1.82, 2.24) is 20.2 Å². The van der Waals surface area contributed by atoms with E-state index < -0.39 is 17.3 Å². The molecule has 3 rings (SSSR count). The van der Waals surface area contributed by atoms with Crippen molar-refractivity contribution in [3.8, 4) is 5.69 Å². The van der Waals surface area contributed by atoms with Crippen LogP contribution in [-0.4, -0.2) is 20.2 Å². The monoisotopic (exact) mass is 361 g/mol. The van der Waals surface area contributed by atoms with Gasteiger partial charge in [-0.25, -0.2) is 0 Å². The highest BCUT2D eigenvalue weighted by molar-refractivity contribution is 5.49. The van der Waals surface area contributed by atoms with E-state index in [1.165, 1.54) is 6.07 Å². The Morgan fingerprint density at radius 3 is 2.42 bits per heavy atom. The molecule has 0 aliphatic carbocycles. The van der Waals surface area contributed by atoms with Gasteiger partial charge >= 0.3 is 6.18 Å². The van der Waals surface area contributed by atoms with E-state index in [0.717, 1.165) is 23.4 Å². The number of hydrogen-bond donors (Lipinski definition) is 1. The summed E-state index contributed by atoms with van der Waals surface area (Å²) in [5, 5.41) is 15.0. The lowest BCUT2D eigenvalue weighted by Crippen LogP contribution is -2.32. The highest BCUT2D eigenvalue weighted by Crippen LogP contribution is 2.32. The highest BCUT2D eigenvalue weighted by Gasteiger charge is 2.32. The molecule has 136 valence electrons. The first-order chi connectivity index (χ1) is 12.2. The number of benzene rings is 2. The molecule has 0 unspecified atom stereocenters. The summed E-state index contributed by atoms with van der Waals surface area (Å²) in [6, 6.07) is 12.7. The minimum absolute atomic E-state index is 0.337. The first kappa shape index (κ1) is 17.9. The molecule has 0 radical (unpaired) electrons. The Labute approximate surface area is 148 Å². The van der Waals surface area contributed by atoms with Crippen LogP contribution in [0.2, 0.25) is 0 Å². The second-order valence-corrected chi connectivity index (χ2v) is 6.53.